The van der Waals surface area contributed by atoms with Gasteiger partial charge in [-0.3, -0.25) is 4.79 Å². The number of benzene rings is 1. The Balaban J connectivity index is 1.44. The van der Waals surface area contributed by atoms with E-state index in [1.54, 1.807) is 12.3 Å². The standard InChI is InChI=1S/C21H27N5O/c22-18-8-12-23-20(24-18)26-13-4-10-21(16-26)11-7-19(27)25(15-21)14-9-17-5-2-1-3-6-17/h1-3,5-6,8,12H,4,7,9-11,13-16H2,(H2,22,23,24)/t21-/m0/s1. The van der Waals surface area contributed by atoms with Crippen LogP contribution in [0.3, 0.4) is 0 Å². The fourth-order valence-corrected chi connectivity index (χ4v) is 4.44. The van der Waals surface area contributed by atoms with Gasteiger partial charge in [0.25, 0.3) is 0 Å². The van der Waals surface area contributed by atoms with E-state index < -0.39 is 0 Å². The molecule has 2 fully saturated rings. The molecule has 2 saturated heterocycles. The third-order valence-electron chi connectivity index (χ3n) is 5.87. The summed E-state index contributed by atoms with van der Waals surface area (Å²) < 4.78 is 0. The molecule has 0 unspecified atom stereocenters. The highest BCUT2D eigenvalue weighted by molar-refractivity contribution is 5.77. The number of carbonyl (C=O) groups is 1. The molecule has 2 aliphatic rings. The first-order chi connectivity index (χ1) is 13.1. The SMILES string of the molecule is Nc1ccnc(N2CCC[C@@]3(CCC(=O)N(CCc4ccccc4)C3)C2)n1. The van der Waals surface area contributed by atoms with Crippen LogP contribution in [-0.2, 0) is 11.2 Å². The molecule has 0 bridgehead atoms. The average molecular weight is 365 g/mol. The van der Waals surface area contributed by atoms with E-state index in [4.69, 9.17) is 5.73 Å². The van der Waals surface area contributed by atoms with Crippen molar-refractivity contribution in [3.8, 4) is 0 Å². The van der Waals surface area contributed by atoms with E-state index in [1.165, 1.54) is 5.56 Å². The van der Waals surface area contributed by atoms with Crippen LogP contribution in [0.5, 0.6) is 0 Å². The van der Waals surface area contributed by atoms with Crippen LogP contribution >= 0.6 is 0 Å². The van der Waals surface area contributed by atoms with Crippen molar-refractivity contribution in [1.82, 2.24) is 14.9 Å². The van der Waals surface area contributed by atoms with Crippen LogP contribution < -0.4 is 10.6 Å². The highest BCUT2D eigenvalue weighted by atomic mass is 16.2. The van der Waals surface area contributed by atoms with Gasteiger partial charge in [0, 0.05) is 44.2 Å². The molecular formula is C21H27N5O. The predicted molar refractivity (Wildman–Crippen MR) is 106 cm³/mol. The lowest BCUT2D eigenvalue weighted by Crippen LogP contribution is -2.54. The molecule has 2 aromatic rings. The van der Waals surface area contributed by atoms with Gasteiger partial charge in [-0.1, -0.05) is 30.3 Å². The first-order valence-electron chi connectivity index (χ1n) is 9.79. The van der Waals surface area contributed by atoms with E-state index >= 15 is 0 Å². The van der Waals surface area contributed by atoms with E-state index in [1.807, 2.05) is 6.07 Å². The molecule has 1 spiro atoms. The van der Waals surface area contributed by atoms with Gasteiger partial charge in [0.05, 0.1) is 0 Å². The third kappa shape index (κ3) is 4.04. The molecule has 0 aliphatic carbocycles. The molecule has 6 nitrogen and oxygen atoms in total. The minimum atomic E-state index is 0.136. The Morgan fingerprint density at radius 3 is 2.78 bits per heavy atom. The number of piperidine rings is 2. The zero-order valence-corrected chi connectivity index (χ0v) is 15.7. The lowest BCUT2D eigenvalue weighted by molar-refractivity contribution is -0.137. The molecule has 3 heterocycles. The lowest BCUT2D eigenvalue weighted by Gasteiger charge is -2.48. The quantitative estimate of drug-likeness (QED) is 0.901. The Hall–Kier alpha value is -2.63. The Morgan fingerprint density at radius 1 is 1.11 bits per heavy atom. The second-order valence-corrected chi connectivity index (χ2v) is 7.86. The molecule has 0 saturated carbocycles. The first kappa shape index (κ1) is 17.8. The van der Waals surface area contributed by atoms with Gasteiger partial charge in [0.2, 0.25) is 11.9 Å². The summed E-state index contributed by atoms with van der Waals surface area (Å²) in [6, 6.07) is 12.1. The number of likely N-dealkylation sites (tertiary alicyclic amines) is 1. The predicted octanol–water partition coefficient (Wildman–Crippen LogP) is 2.51. The zero-order chi connectivity index (χ0) is 18.7. The first-order valence-corrected chi connectivity index (χ1v) is 9.79. The van der Waals surface area contributed by atoms with E-state index in [9.17, 15) is 4.79 Å². The Bertz CT molecular complexity index is 796. The number of hydrogen-bond acceptors (Lipinski definition) is 5. The normalized spacial score (nSPS) is 23.0. The monoisotopic (exact) mass is 365 g/mol. The molecule has 2 aliphatic heterocycles. The molecule has 1 aromatic heterocycles. The van der Waals surface area contributed by atoms with E-state index in [2.05, 4.69) is 44.0 Å². The fourth-order valence-electron chi connectivity index (χ4n) is 4.44. The number of rotatable bonds is 4. The number of nitrogens with zero attached hydrogens (tertiary/aromatic N) is 4. The van der Waals surface area contributed by atoms with Crippen LogP contribution in [0.2, 0.25) is 0 Å². The summed E-state index contributed by atoms with van der Waals surface area (Å²) in [5, 5.41) is 0. The van der Waals surface area contributed by atoms with Gasteiger partial charge in [-0.2, -0.15) is 4.98 Å². The molecule has 0 radical (unpaired) electrons. The van der Waals surface area contributed by atoms with Crippen molar-refractivity contribution < 1.29 is 4.79 Å². The summed E-state index contributed by atoms with van der Waals surface area (Å²) >= 11 is 0. The van der Waals surface area contributed by atoms with Crippen molar-refractivity contribution in [2.45, 2.75) is 32.1 Å². The van der Waals surface area contributed by atoms with Crippen LogP contribution in [0.4, 0.5) is 11.8 Å². The minimum absolute atomic E-state index is 0.136. The van der Waals surface area contributed by atoms with E-state index in [0.717, 1.165) is 51.9 Å². The number of carbonyl (C=O) groups excluding carboxylic acids is 1. The maximum atomic E-state index is 12.5. The Morgan fingerprint density at radius 2 is 1.96 bits per heavy atom. The fraction of sp³-hybridized carbons (Fsp3) is 0.476. The van der Waals surface area contributed by atoms with Gasteiger partial charge in [-0.05, 0) is 37.3 Å². The number of nitrogen functional groups attached to an aromatic ring is 1. The lowest BCUT2D eigenvalue weighted by atomic mass is 9.73. The number of nitrogens with two attached hydrogens (primary N) is 1. The van der Waals surface area contributed by atoms with Crippen molar-refractivity contribution in [2.75, 3.05) is 36.8 Å². The molecule has 4 rings (SSSR count). The Kier molecular flexibility index (Phi) is 4.97. The van der Waals surface area contributed by atoms with Crippen LogP contribution in [0.1, 0.15) is 31.2 Å². The maximum absolute atomic E-state index is 12.5. The third-order valence-corrected chi connectivity index (χ3v) is 5.87. The zero-order valence-electron chi connectivity index (χ0n) is 15.7. The summed E-state index contributed by atoms with van der Waals surface area (Å²) in [4.78, 5) is 25.6. The van der Waals surface area contributed by atoms with Gasteiger partial charge in [0.15, 0.2) is 0 Å². The van der Waals surface area contributed by atoms with Crippen LogP contribution in [0, 0.1) is 5.41 Å². The minimum Gasteiger partial charge on any atom is -0.384 e. The topological polar surface area (TPSA) is 75.3 Å². The molecule has 1 atom stereocenters. The molecule has 27 heavy (non-hydrogen) atoms. The smallest absolute Gasteiger partial charge is 0.227 e. The highest BCUT2D eigenvalue weighted by Crippen LogP contribution is 2.39. The van der Waals surface area contributed by atoms with Gasteiger partial charge in [0.1, 0.15) is 5.82 Å². The van der Waals surface area contributed by atoms with Crippen LogP contribution in [0.25, 0.3) is 0 Å². The summed E-state index contributed by atoms with van der Waals surface area (Å²) in [6.07, 6.45) is 6.47. The van der Waals surface area contributed by atoms with Crippen molar-refractivity contribution >= 4 is 17.7 Å². The molecule has 1 amide bonds. The largest absolute Gasteiger partial charge is 0.384 e. The second kappa shape index (κ2) is 7.55. The van der Waals surface area contributed by atoms with Crippen molar-refractivity contribution in [3.63, 3.8) is 0 Å². The maximum Gasteiger partial charge on any atom is 0.227 e. The molecule has 6 heteroatoms. The summed E-state index contributed by atoms with van der Waals surface area (Å²) in [5.74, 6) is 1.50. The van der Waals surface area contributed by atoms with Gasteiger partial charge < -0.3 is 15.5 Å². The number of amides is 1. The van der Waals surface area contributed by atoms with E-state index in [-0.39, 0.29) is 11.3 Å². The molecular weight excluding hydrogens is 338 g/mol. The number of anilines is 2. The molecule has 142 valence electrons. The average Bonchev–Trinajstić information content (AvgIpc) is 2.70. The number of hydrogen-bond donors (Lipinski definition) is 1. The molecule has 1 aromatic carbocycles. The van der Waals surface area contributed by atoms with Crippen LogP contribution in [-0.4, -0.2) is 47.0 Å². The Labute approximate surface area is 160 Å². The van der Waals surface area contributed by atoms with Gasteiger partial charge >= 0.3 is 0 Å². The summed E-state index contributed by atoms with van der Waals surface area (Å²) in [7, 11) is 0. The van der Waals surface area contributed by atoms with Crippen molar-refractivity contribution in [2.24, 2.45) is 5.41 Å². The summed E-state index contributed by atoms with van der Waals surface area (Å²) in [6.45, 7) is 3.46. The van der Waals surface area contributed by atoms with Crippen LogP contribution in [0.15, 0.2) is 42.6 Å². The van der Waals surface area contributed by atoms with Crippen molar-refractivity contribution in [3.05, 3.63) is 48.2 Å². The molecule has 2 N–H and O–H groups in total. The second-order valence-electron chi connectivity index (χ2n) is 7.86. The van der Waals surface area contributed by atoms with Crippen molar-refractivity contribution in [1.29, 1.82) is 0 Å². The number of aromatic nitrogens is 2. The van der Waals surface area contributed by atoms with Gasteiger partial charge in [-0.15, -0.1) is 0 Å². The summed E-state index contributed by atoms with van der Waals surface area (Å²) in [5.41, 5.74) is 7.26. The van der Waals surface area contributed by atoms with Gasteiger partial charge in [-0.25, -0.2) is 4.98 Å². The highest BCUT2D eigenvalue weighted by Gasteiger charge is 2.42. The van der Waals surface area contributed by atoms with E-state index in [0.29, 0.717) is 18.2 Å².